The fourth-order valence-corrected chi connectivity index (χ4v) is 0.576. The molecule has 0 aliphatic carbocycles. The van der Waals surface area contributed by atoms with Crippen molar-refractivity contribution in [3.63, 3.8) is 0 Å². The zero-order valence-electron chi connectivity index (χ0n) is 9.05. The Morgan fingerprint density at radius 3 is 2.29 bits per heavy atom. The van der Waals surface area contributed by atoms with Gasteiger partial charge in [0.15, 0.2) is 5.78 Å². The number of rotatable bonds is 4. The van der Waals surface area contributed by atoms with Gasteiger partial charge in [0, 0.05) is 6.42 Å². The molecule has 0 spiro atoms. The van der Waals surface area contributed by atoms with Crippen LogP contribution in [0.4, 0.5) is 4.79 Å². The highest BCUT2D eigenvalue weighted by atomic mass is 16.7. The van der Waals surface area contributed by atoms with Crippen LogP contribution in [0, 0.1) is 0 Å². The third-order valence-electron chi connectivity index (χ3n) is 1.18. The standard InChI is InChI=1S/C9H17NO4/c1-5-7(11)6-13-10-8(12)14-9(2,3)4/h5-6H2,1-4H3,(H,10,12). The summed E-state index contributed by atoms with van der Waals surface area (Å²) in [6, 6.07) is 0. The number of hydrogen-bond donors (Lipinski definition) is 1. The lowest BCUT2D eigenvalue weighted by molar-refractivity contribution is -0.125. The van der Waals surface area contributed by atoms with Gasteiger partial charge in [-0.2, -0.15) is 5.48 Å². The van der Waals surface area contributed by atoms with Crippen LogP contribution in [-0.2, 0) is 14.4 Å². The third-order valence-corrected chi connectivity index (χ3v) is 1.18. The minimum absolute atomic E-state index is 0.0824. The molecule has 14 heavy (non-hydrogen) atoms. The van der Waals surface area contributed by atoms with Gasteiger partial charge in [-0.1, -0.05) is 6.92 Å². The van der Waals surface area contributed by atoms with Crippen LogP contribution in [0.25, 0.3) is 0 Å². The maximum Gasteiger partial charge on any atom is 0.431 e. The monoisotopic (exact) mass is 203 g/mol. The molecule has 0 radical (unpaired) electrons. The van der Waals surface area contributed by atoms with Crippen LogP contribution in [-0.4, -0.2) is 24.1 Å². The van der Waals surface area contributed by atoms with Gasteiger partial charge in [-0.3, -0.25) is 9.63 Å². The number of hydroxylamine groups is 1. The zero-order valence-corrected chi connectivity index (χ0v) is 9.05. The van der Waals surface area contributed by atoms with E-state index in [0.717, 1.165) is 0 Å². The summed E-state index contributed by atoms with van der Waals surface area (Å²) in [6.07, 6.45) is -0.308. The summed E-state index contributed by atoms with van der Waals surface area (Å²) < 4.78 is 4.87. The number of nitrogens with one attached hydrogen (secondary N) is 1. The van der Waals surface area contributed by atoms with E-state index < -0.39 is 11.7 Å². The summed E-state index contributed by atoms with van der Waals surface area (Å²) in [5.41, 5.74) is 1.46. The lowest BCUT2D eigenvalue weighted by atomic mass is 10.2. The van der Waals surface area contributed by atoms with Crippen molar-refractivity contribution in [2.24, 2.45) is 0 Å². The van der Waals surface area contributed by atoms with E-state index in [-0.39, 0.29) is 12.4 Å². The normalized spacial score (nSPS) is 10.9. The number of ketones is 1. The van der Waals surface area contributed by atoms with Gasteiger partial charge >= 0.3 is 6.09 Å². The van der Waals surface area contributed by atoms with E-state index >= 15 is 0 Å². The lowest BCUT2D eigenvalue weighted by Gasteiger charge is -2.19. The number of Topliss-reactive ketones (excluding diaryl/α,β-unsaturated/α-hetero) is 1. The molecule has 5 nitrogen and oxygen atoms in total. The molecule has 5 heteroatoms. The zero-order chi connectivity index (χ0) is 11.2. The Morgan fingerprint density at radius 1 is 1.29 bits per heavy atom. The van der Waals surface area contributed by atoms with E-state index in [1.807, 2.05) is 5.48 Å². The maximum absolute atomic E-state index is 11.0. The van der Waals surface area contributed by atoms with Crippen molar-refractivity contribution in [2.45, 2.75) is 39.7 Å². The molecule has 0 aliphatic rings. The molecule has 0 aromatic rings. The van der Waals surface area contributed by atoms with Gasteiger partial charge in [0.05, 0.1) is 0 Å². The maximum atomic E-state index is 11.0. The second-order valence-electron chi connectivity index (χ2n) is 3.78. The third kappa shape index (κ3) is 7.54. The van der Waals surface area contributed by atoms with Crippen molar-refractivity contribution in [2.75, 3.05) is 6.61 Å². The molecule has 0 rings (SSSR count). The van der Waals surface area contributed by atoms with Crippen molar-refractivity contribution in [1.82, 2.24) is 5.48 Å². The predicted molar refractivity (Wildman–Crippen MR) is 50.6 cm³/mol. The Balaban J connectivity index is 3.60. The average molecular weight is 203 g/mol. The number of hydrogen-bond acceptors (Lipinski definition) is 4. The Bertz CT molecular complexity index is 207. The van der Waals surface area contributed by atoms with Gasteiger partial charge < -0.3 is 4.74 Å². The number of carbonyl (C=O) groups excluding carboxylic acids is 2. The summed E-state index contributed by atoms with van der Waals surface area (Å²) in [6.45, 7) is 6.81. The molecule has 1 N–H and O–H groups in total. The van der Waals surface area contributed by atoms with Crippen LogP contribution in [0.5, 0.6) is 0 Å². The van der Waals surface area contributed by atoms with Crippen LogP contribution in [0.3, 0.4) is 0 Å². The van der Waals surface area contributed by atoms with Gasteiger partial charge in [0.2, 0.25) is 0 Å². The van der Waals surface area contributed by atoms with Crippen LogP contribution in [0.1, 0.15) is 34.1 Å². The van der Waals surface area contributed by atoms with Crippen molar-refractivity contribution in [3.05, 3.63) is 0 Å². The first-order valence-corrected chi connectivity index (χ1v) is 4.47. The molecule has 1 amide bonds. The first-order valence-electron chi connectivity index (χ1n) is 4.47. The molecule has 0 saturated carbocycles. The van der Waals surface area contributed by atoms with Gasteiger partial charge in [-0.15, -0.1) is 0 Å². The summed E-state index contributed by atoms with van der Waals surface area (Å²) in [4.78, 5) is 26.3. The predicted octanol–water partition coefficient (Wildman–Crippen LogP) is 1.42. The molecule has 0 unspecified atom stereocenters. The second kappa shape index (κ2) is 5.59. The van der Waals surface area contributed by atoms with Crippen molar-refractivity contribution < 1.29 is 19.2 Å². The van der Waals surface area contributed by atoms with E-state index in [1.54, 1.807) is 27.7 Å². The van der Waals surface area contributed by atoms with Crippen molar-refractivity contribution in [3.8, 4) is 0 Å². The molecule has 0 aromatic heterocycles. The lowest BCUT2D eigenvalue weighted by Crippen LogP contribution is -2.33. The van der Waals surface area contributed by atoms with Gasteiger partial charge in [-0.25, -0.2) is 4.79 Å². The molecular formula is C9H17NO4. The largest absolute Gasteiger partial charge is 0.442 e. The van der Waals surface area contributed by atoms with E-state index in [0.29, 0.717) is 6.42 Å². The van der Waals surface area contributed by atoms with Gasteiger partial charge in [-0.05, 0) is 20.8 Å². The van der Waals surface area contributed by atoms with Crippen LogP contribution < -0.4 is 5.48 Å². The first-order chi connectivity index (χ1) is 6.35. The van der Waals surface area contributed by atoms with E-state index in [2.05, 4.69) is 4.84 Å². The van der Waals surface area contributed by atoms with E-state index in [1.165, 1.54) is 0 Å². The molecule has 0 saturated heterocycles. The Morgan fingerprint density at radius 2 is 1.86 bits per heavy atom. The Labute approximate surface area is 83.7 Å². The summed E-state index contributed by atoms with van der Waals surface area (Å²) in [5, 5.41) is 0. The molecule has 0 aliphatic heterocycles. The molecule has 0 fully saturated rings. The highest BCUT2D eigenvalue weighted by Gasteiger charge is 2.16. The summed E-state index contributed by atoms with van der Waals surface area (Å²) in [5.74, 6) is -0.0824. The Hall–Kier alpha value is -1.10. The fourth-order valence-electron chi connectivity index (χ4n) is 0.576. The first kappa shape index (κ1) is 12.9. The minimum atomic E-state index is -0.693. The van der Waals surface area contributed by atoms with Gasteiger partial charge in [0.25, 0.3) is 0 Å². The van der Waals surface area contributed by atoms with Gasteiger partial charge in [0.1, 0.15) is 12.2 Å². The molecule has 0 atom stereocenters. The molecule has 0 bridgehead atoms. The topological polar surface area (TPSA) is 64.6 Å². The summed E-state index contributed by atoms with van der Waals surface area (Å²) in [7, 11) is 0. The highest BCUT2D eigenvalue weighted by molar-refractivity contribution is 5.79. The number of ether oxygens (including phenoxy) is 1. The molecule has 0 heterocycles. The van der Waals surface area contributed by atoms with Crippen LogP contribution >= 0.6 is 0 Å². The highest BCUT2D eigenvalue weighted by Crippen LogP contribution is 2.06. The molecule has 0 aromatic carbocycles. The van der Waals surface area contributed by atoms with E-state index in [9.17, 15) is 9.59 Å². The minimum Gasteiger partial charge on any atom is -0.442 e. The summed E-state index contributed by atoms with van der Waals surface area (Å²) >= 11 is 0. The average Bonchev–Trinajstić information content (AvgIpc) is 2.00. The second-order valence-corrected chi connectivity index (χ2v) is 3.78. The fraction of sp³-hybridized carbons (Fsp3) is 0.778. The van der Waals surface area contributed by atoms with Crippen molar-refractivity contribution in [1.29, 1.82) is 0 Å². The molecular weight excluding hydrogens is 186 g/mol. The van der Waals surface area contributed by atoms with Crippen LogP contribution in [0.2, 0.25) is 0 Å². The Kier molecular flexibility index (Phi) is 5.15. The number of amides is 1. The number of carbonyl (C=O) groups is 2. The quantitative estimate of drug-likeness (QED) is 0.702. The molecule has 82 valence electrons. The van der Waals surface area contributed by atoms with E-state index in [4.69, 9.17) is 4.74 Å². The smallest absolute Gasteiger partial charge is 0.431 e. The van der Waals surface area contributed by atoms with Crippen molar-refractivity contribution >= 4 is 11.9 Å². The SMILES string of the molecule is CCC(=O)CONC(=O)OC(C)(C)C. The van der Waals surface area contributed by atoms with Crippen LogP contribution in [0.15, 0.2) is 0 Å².